The topological polar surface area (TPSA) is 84.7 Å². The fraction of sp³-hybridized carbons (Fsp3) is 0.529. The van der Waals surface area contributed by atoms with Crippen LogP contribution in [0.2, 0.25) is 0 Å². The Balaban J connectivity index is 1.74. The molecule has 1 aliphatic rings. The van der Waals surface area contributed by atoms with Crippen LogP contribution in [0.1, 0.15) is 29.6 Å². The van der Waals surface area contributed by atoms with Crippen molar-refractivity contribution in [1.29, 1.82) is 0 Å². The van der Waals surface area contributed by atoms with Crippen molar-refractivity contribution in [3.63, 3.8) is 0 Å². The van der Waals surface area contributed by atoms with Gasteiger partial charge < -0.3 is 20.7 Å². The Labute approximate surface area is 137 Å². The van der Waals surface area contributed by atoms with E-state index in [1.807, 2.05) is 11.9 Å². The molecule has 1 heterocycles. The molecule has 126 valence electrons. The maximum atomic E-state index is 12.2. The zero-order valence-electron chi connectivity index (χ0n) is 13.6. The van der Waals surface area contributed by atoms with Crippen LogP contribution in [0.15, 0.2) is 24.3 Å². The van der Waals surface area contributed by atoms with Gasteiger partial charge in [0, 0.05) is 18.7 Å². The Morgan fingerprint density at radius 3 is 2.74 bits per heavy atom. The maximum Gasteiger partial charge on any atom is 0.248 e. The summed E-state index contributed by atoms with van der Waals surface area (Å²) in [5.74, 6) is 0.849. The summed E-state index contributed by atoms with van der Waals surface area (Å²) in [6.07, 6.45) is 2.60. The minimum Gasteiger partial charge on any atom is -0.493 e. The molecular weight excluding hydrogens is 294 g/mol. The Morgan fingerprint density at radius 2 is 2.09 bits per heavy atom. The zero-order chi connectivity index (χ0) is 16.7. The third-order valence-corrected chi connectivity index (χ3v) is 4.09. The van der Waals surface area contributed by atoms with E-state index in [1.165, 1.54) is 6.42 Å². The first-order chi connectivity index (χ1) is 11.1. The first-order valence-electron chi connectivity index (χ1n) is 8.05. The number of carbonyl (C=O) groups excluding carboxylic acids is 2. The summed E-state index contributed by atoms with van der Waals surface area (Å²) in [5, 5.41) is 3.18. The fourth-order valence-electron chi connectivity index (χ4n) is 2.88. The summed E-state index contributed by atoms with van der Waals surface area (Å²) in [7, 11) is 1.94. The molecule has 0 saturated carbocycles. The first kappa shape index (κ1) is 17.3. The normalized spacial score (nSPS) is 17.8. The third kappa shape index (κ3) is 5.25. The molecule has 6 heteroatoms. The summed E-state index contributed by atoms with van der Waals surface area (Å²) in [5.41, 5.74) is 5.63. The maximum absolute atomic E-state index is 12.2. The Kier molecular flexibility index (Phi) is 6.40. The molecule has 2 amide bonds. The number of nitrogens with two attached hydrogens (primary N) is 1. The number of nitrogens with one attached hydrogen (secondary N) is 1. The number of hydrogen-bond acceptors (Lipinski definition) is 4. The molecule has 0 radical (unpaired) electrons. The molecule has 0 aliphatic carbocycles. The van der Waals surface area contributed by atoms with Crippen molar-refractivity contribution < 1.29 is 14.3 Å². The second kappa shape index (κ2) is 8.53. The predicted molar refractivity (Wildman–Crippen MR) is 88.3 cm³/mol. The van der Waals surface area contributed by atoms with Crippen molar-refractivity contribution in [3.8, 4) is 5.75 Å². The van der Waals surface area contributed by atoms with E-state index in [2.05, 4.69) is 5.32 Å². The van der Waals surface area contributed by atoms with Crippen LogP contribution < -0.4 is 15.8 Å². The number of piperidine rings is 1. The number of ether oxygens (including phenoxy) is 1. The van der Waals surface area contributed by atoms with Crippen molar-refractivity contribution in [1.82, 2.24) is 10.2 Å². The van der Waals surface area contributed by atoms with Gasteiger partial charge in [-0.05, 0) is 56.6 Å². The Morgan fingerprint density at radius 1 is 1.35 bits per heavy atom. The molecule has 1 fully saturated rings. The van der Waals surface area contributed by atoms with E-state index in [9.17, 15) is 9.59 Å². The largest absolute Gasteiger partial charge is 0.493 e. The van der Waals surface area contributed by atoms with E-state index < -0.39 is 5.91 Å². The van der Waals surface area contributed by atoms with Crippen LogP contribution in [0.3, 0.4) is 0 Å². The number of carbonyl (C=O) groups is 2. The first-order valence-corrected chi connectivity index (χ1v) is 8.05. The Bertz CT molecular complexity index is 528. The number of primary amides is 1. The molecule has 0 aromatic heterocycles. The van der Waals surface area contributed by atoms with Gasteiger partial charge >= 0.3 is 0 Å². The predicted octanol–water partition coefficient (Wildman–Crippen LogP) is 1.01. The molecule has 2 rings (SSSR count). The molecule has 0 bridgehead atoms. The van der Waals surface area contributed by atoms with E-state index in [0.29, 0.717) is 30.3 Å². The van der Waals surface area contributed by atoms with Crippen molar-refractivity contribution in [2.45, 2.75) is 19.3 Å². The van der Waals surface area contributed by atoms with Crippen LogP contribution >= 0.6 is 0 Å². The molecule has 1 aliphatic heterocycles. The highest BCUT2D eigenvalue weighted by atomic mass is 16.5. The van der Waals surface area contributed by atoms with Crippen molar-refractivity contribution in [2.75, 3.05) is 33.3 Å². The Hall–Kier alpha value is -2.08. The monoisotopic (exact) mass is 319 g/mol. The number of benzene rings is 1. The summed E-state index contributed by atoms with van der Waals surface area (Å²) < 4.78 is 5.56. The molecule has 3 N–H and O–H groups in total. The smallest absolute Gasteiger partial charge is 0.248 e. The van der Waals surface area contributed by atoms with E-state index in [1.54, 1.807) is 24.3 Å². The molecule has 1 aromatic rings. The summed E-state index contributed by atoms with van der Waals surface area (Å²) in [4.78, 5) is 25.2. The highest BCUT2D eigenvalue weighted by Gasteiger charge is 2.22. The minimum atomic E-state index is -0.465. The lowest BCUT2D eigenvalue weighted by Gasteiger charge is -2.32. The van der Waals surface area contributed by atoms with Crippen molar-refractivity contribution in [3.05, 3.63) is 29.8 Å². The number of rotatable bonds is 7. The molecule has 1 unspecified atom stereocenters. The summed E-state index contributed by atoms with van der Waals surface area (Å²) in [6, 6.07) is 6.61. The van der Waals surface area contributed by atoms with Crippen LogP contribution in [0.25, 0.3) is 0 Å². The summed E-state index contributed by atoms with van der Waals surface area (Å²) >= 11 is 0. The van der Waals surface area contributed by atoms with E-state index in [4.69, 9.17) is 10.5 Å². The van der Waals surface area contributed by atoms with Crippen LogP contribution in [-0.2, 0) is 4.79 Å². The second-order valence-electron chi connectivity index (χ2n) is 5.89. The van der Waals surface area contributed by atoms with Crippen LogP contribution in [0.5, 0.6) is 5.75 Å². The number of amides is 2. The molecule has 0 spiro atoms. The lowest BCUT2D eigenvalue weighted by molar-refractivity contribution is -0.133. The zero-order valence-corrected chi connectivity index (χ0v) is 13.6. The average molecular weight is 319 g/mol. The van der Waals surface area contributed by atoms with Gasteiger partial charge in [-0.3, -0.25) is 9.59 Å². The molecule has 1 saturated heterocycles. The quantitative estimate of drug-likeness (QED) is 0.785. The average Bonchev–Trinajstić information content (AvgIpc) is 2.56. The van der Waals surface area contributed by atoms with Gasteiger partial charge in [-0.1, -0.05) is 0 Å². The van der Waals surface area contributed by atoms with Crippen LogP contribution in [0.4, 0.5) is 0 Å². The van der Waals surface area contributed by atoms with E-state index >= 15 is 0 Å². The van der Waals surface area contributed by atoms with E-state index in [0.717, 1.165) is 26.1 Å². The van der Waals surface area contributed by atoms with Crippen molar-refractivity contribution >= 4 is 11.8 Å². The number of hydrogen-bond donors (Lipinski definition) is 2. The molecule has 6 nitrogen and oxygen atoms in total. The minimum absolute atomic E-state index is 0.138. The molecule has 1 atom stereocenters. The third-order valence-electron chi connectivity index (χ3n) is 4.09. The standard InChI is InChI=1S/C17H25N3O3/c1-19-11-13-3-2-9-20(12-13)16(21)8-10-23-15-6-4-14(5-7-15)17(18)22/h4-7,13,19H,2-3,8-12H2,1H3,(H2,18,22). The van der Waals surface area contributed by atoms with Crippen LogP contribution in [-0.4, -0.2) is 50.0 Å². The molecule has 23 heavy (non-hydrogen) atoms. The van der Waals surface area contributed by atoms with Gasteiger partial charge in [-0.15, -0.1) is 0 Å². The second-order valence-corrected chi connectivity index (χ2v) is 5.89. The van der Waals surface area contributed by atoms with Gasteiger partial charge in [0.1, 0.15) is 5.75 Å². The van der Waals surface area contributed by atoms with Gasteiger partial charge in [-0.25, -0.2) is 0 Å². The lowest BCUT2D eigenvalue weighted by atomic mass is 9.98. The summed E-state index contributed by atoms with van der Waals surface area (Å²) in [6.45, 7) is 2.95. The van der Waals surface area contributed by atoms with Crippen molar-refractivity contribution in [2.24, 2.45) is 11.7 Å². The highest BCUT2D eigenvalue weighted by Crippen LogP contribution is 2.17. The molecular formula is C17H25N3O3. The van der Waals surface area contributed by atoms with Gasteiger partial charge in [0.05, 0.1) is 13.0 Å². The highest BCUT2D eigenvalue weighted by molar-refractivity contribution is 5.92. The van der Waals surface area contributed by atoms with Gasteiger partial charge in [0.2, 0.25) is 11.8 Å². The number of nitrogens with zero attached hydrogens (tertiary/aromatic N) is 1. The van der Waals surface area contributed by atoms with E-state index in [-0.39, 0.29) is 5.91 Å². The van der Waals surface area contributed by atoms with Gasteiger partial charge in [0.15, 0.2) is 0 Å². The lowest BCUT2D eigenvalue weighted by Crippen LogP contribution is -2.42. The SMILES string of the molecule is CNCC1CCCN(C(=O)CCOc2ccc(C(N)=O)cc2)C1. The number of likely N-dealkylation sites (tertiary alicyclic amines) is 1. The molecule has 1 aromatic carbocycles. The van der Waals surface area contributed by atoms with Crippen LogP contribution in [0, 0.1) is 5.92 Å². The van der Waals surface area contributed by atoms with Gasteiger partial charge in [-0.2, -0.15) is 0 Å². The fourth-order valence-corrected chi connectivity index (χ4v) is 2.88. The van der Waals surface area contributed by atoms with Gasteiger partial charge in [0.25, 0.3) is 0 Å².